The van der Waals surface area contributed by atoms with Crippen molar-refractivity contribution in [3.63, 3.8) is 0 Å². The van der Waals surface area contributed by atoms with Crippen molar-refractivity contribution in [3.8, 4) is 0 Å². The average Bonchev–Trinajstić information content (AvgIpc) is 2.58. The zero-order valence-electron chi connectivity index (χ0n) is 14.1. The van der Waals surface area contributed by atoms with Gasteiger partial charge in [-0.1, -0.05) is 59.7 Å². The van der Waals surface area contributed by atoms with Crippen LogP contribution in [0.15, 0.2) is 48.5 Å². The first kappa shape index (κ1) is 17.9. The largest absolute Gasteiger partial charge is 0.387 e. The highest BCUT2D eigenvalue weighted by molar-refractivity contribution is 5.97. The molecule has 0 bridgehead atoms. The molecule has 0 saturated carbocycles. The fourth-order valence-electron chi connectivity index (χ4n) is 2.40. The molecule has 0 aliphatic carbocycles. The third kappa shape index (κ3) is 5.32. The number of hydrogen-bond donors (Lipinski definition) is 2. The van der Waals surface area contributed by atoms with E-state index in [0.29, 0.717) is 5.56 Å². The molecule has 2 N–H and O–H groups in total. The quantitative estimate of drug-likeness (QED) is 0.769. The Bertz CT molecular complexity index is 707. The molecule has 0 radical (unpaired) electrons. The van der Waals surface area contributed by atoms with Crippen LogP contribution in [0.5, 0.6) is 0 Å². The minimum absolute atomic E-state index is 0.0515. The number of Topliss-reactive ketones (excluding diaryl/α,β-unsaturated/α-hetero) is 1. The van der Waals surface area contributed by atoms with Crippen LogP contribution in [0.1, 0.15) is 46.0 Å². The Balaban J connectivity index is 1.77. The summed E-state index contributed by atoms with van der Waals surface area (Å²) in [4.78, 5) is 23.9. The molecular weight excluding hydrogens is 302 g/mol. The number of aliphatic hydroxyl groups excluding tert-OH is 1. The summed E-state index contributed by atoms with van der Waals surface area (Å²) in [5.41, 5.74) is 3.54. The van der Waals surface area contributed by atoms with E-state index in [2.05, 4.69) is 5.32 Å². The Labute approximate surface area is 142 Å². The topological polar surface area (TPSA) is 66.4 Å². The van der Waals surface area contributed by atoms with Crippen molar-refractivity contribution in [1.82, 2.24) is 5.32 Å². The summed E-state index contributed by atoms with van der Waals surface area (Å²) in [6, 6.07) is 14.8. The normalized spacial score (nSPS) is 11.8. The fourth-order valence-corrected chi connectivity index (χ4v) is 2.40. The fraction of sp³-hybridized carbons (Fsp3) is 0.300. The SMILES string of the molecule is Cc1ccc(C(=O)CCC(=O)NCC(O)c2cccc(C)c2)cc1. The molecule has 0 aromatic heterocycles. The third-order valence-corrected chi connectivity index (χ3v) is 3.87. The van der Waals surface area contributed by atoms with Crippen LogP contribution < -0.4 is 5.32 Å². The molecule has 1 amide bonds. The van der Waals surface area contributed by atoms with Gasteiger partial charge in [0, 0.05) is 24.9 Å². The highest BCUT2D eigenvalue weighted by Gasteiger charge is 2.12. The molecule has 0 aliphatic heterocycles. The first-order valence-electron chi connectivity index (χ1n) is 8.07. The lowest BCUT2D eigenvalue weighted by Crippen LogP contribution is -2.28. The van der Waals surface area contributed by atoms with Crippen LogP contribution in [0, 0.1) is 13.8 Å². The predicted octanol–water partition coefficient (Wildman–Crippen LogP) is 3.12. The number of benzene rings is 2. The van der Waals surface area contributed by atoms with E-state index in [-0.39, 0.29) is 31.1 Å². The first-order chi connectivity index (χ1) is 11.5. The number of hydrogen-bond acceptors (Lipinski definition) is 3. The number of nitrogens with one attached hydrogen (secondary N) is 1. The van der Waals surface area contributed by atoms with Crippen LogP contribution in [0.3, 0.4) is 0 Å². The second kappa shape index (κ2) is 8.41. The minimum Gasteiger partial charge on any atom is -0.387 e. The van der Waals surface area contributed by atoms with E-state index in [1.807, 2.05) is 50.2 Å². The molecule has 126 valence electrons. The van der Waals surface area contributed by atoms with Gasteiger partial charge in [-0.15, -0.1) is 0 Å². The van der Waals surface area contributed by atoms with Gasteiger partial charge in [-0.3, -0.25) is 9.59 Å². The molecule has 24 heavy (non-hydrogen) atoms. The van der Waals surface area contributed by atoms with Crippen molar-refractivity contribution in [3.05, 3.63) is 70.8 Å². The summed E-state index contributed by atoms with van der Waals surface area (Å²) in [6.45, 7) is 4.05. The molecule has 2 aromatic carbocycles. The Morgan fingerprint density at radius 3 is 2.38 bits per heavy atom. The van der Waals surface area contributed by atoms with Crippen molar-refractivity contribution < 1.29 is 14.7 Å². The van der Waals surface area contributed by atoms with E-state index in [9.17, 15) is 14.7 Å². The average molecular weight is 325 g/mol. The zero-order valence-corrected chi connectivity index (χ0v) is 14.1. The summed E-state index contributed by atoms with van der Waals surface area (Å²) in [7, 11) is 0. The number of amides is 1. The van der Waals surface area contributed by atoms with Crippen molar-refractivity contribution in [2.24, 2.45) is 0 Å². The van der Waals surface area contributed by atoms with Gasteiger partial charge in [0.05, 0.1) is 6.10 Å². The summed E-state index contributed by atoms with van der Waals surface area (Å²) < 4.78 is 0. The lowest BCUT2D eigenvalue weighted by Gasteiger charge is -2.12. The number of aliphatic hydroxyl groups is 1. The molecule has 1 unspecified atom stereocenters. The highest BCUT2D eigenvalue weighted by atomic mass is 16.3. The van der Waals surface area contributed by atoms with E-state index in [0.717, 1.165) is 16.7 Å². The third-order valence-electron chi connectivity index (χ3n) is 3.87. The Morgan fingerprint density at radius 1 is 1.00 bits per heavy atom. The second-order valence-corrected chi connectivity index (χ2v) is 6.02. The van der Waals surface area contributed by atoms with Crippen LogP contribution >= 0.6 is 0 Å². The summed E-state index contributed by atoms with van der Waals surface area (Å²) in [5, 5.41) is 12.8. The van der Waals surface area contributed by atoms with Crippen molar-refractivity contribution in [2.75, 3.05) is 6.54 Å². The van der Waals surface area contributed by atoms with Gasteiger partial charge >= 0.3 is 0 Å². The van der Waals surface area contributed by atoms with Crippen LogP contribution in [0.2, 0.25) is 0 Å². The van der Waals surface area contributed by atoms with E-state index in [1.165, 1.54) is 0 Å². The van der Waals surface area contributed by atoms with E-state index >= 15 is 0 Å². The van der Waals surface area contributed by atoms with Gasteiger partial charge in [-0.05, 0) is 19.4 Å². The zero-order chi connectivity index (χ0) is 17.5. The molecule has 0 spiro atoms. The maximum atomic E-state index is 12.0. The Hall–Kier alpha value is -2.46. The van der Waals surface area contributed by atoms with Crippen LogP contribution in [-0.2, 0) is 4.79 Å². The maximum Gasteiger partial charge on any atom is 0.220 e. The number of carbonyl (C=O) groups is 2. The smallest absolute Gasteiger partial charge is 0.220 e. The molecule has 0 fully saturated rings. The standard InChI is InChI=1S/C20H23NO3/c1-14-6-8-16(9-7-14)18(22)10-11-20(24)21-13-19(23)17-5-3-4-15(2)12-17/h3-9,12,19,23H,10-11,13H2,1-2H3,(H,21,24). The molecule has 2 aromatic rings. The molecule has 0 aliphatic rings. The molecule has 0 heterocycles. The van der Waals surface area contributed by atoms with E-state index in [4.69, 9.17) is 0 Å². The minimum atomic E-state index is -0.748. The van der Waals surface area contributed by atoms with E-state index in [1.54, 1.807) is 12.1 Å². The second-order valence-electron chi connectivity index (χ2n) is 6.02. The number of rotatable bonds is 7. The van der Waals surface area contributed by atoms with Crippen molar-refractivity contribution in [2.45, 2.75) is 32.8 Å². The Morgan fingerprint density at radius 2 is 1.71 bits per heavy atom. The van der Waals surface area contributed by atoms with Gasteiger partial charge in [0.1, 0.15) is 0 Å². The molecule has 0 saturated heterocycles. The van der Waals surface area contributed by atoms with Gasteiger partial charge in [0.15, 0.2) is 5.78 Å². The molecule has 4 heteroatoms. The highest BCUT2D eigenvalue weighted by Crippen LogP contribution is 2.13. The van der Waals surface area contributed by atoms with Gasteiger partial charge in [-0.25, -0.2) is 0 Å². The Kier molecular flexibility index (Phi) is 6.27. The molecule has 1 atom stereocenters. The number of ketones is 1. The van der Waals surface area contributed by atoms with Crippen molar-refractivity contribution >= 4 is 11.7 Å². The summed E-state index contributed by atoms with van der Waals surface area (Å²) in [5.74, 6) is -0.286. The predicted molar refractivity (Wildman–Crippen MR) is 93.9 cm³/mol. The summed E-state index contributed by atoms with van der Waals surface area (Å²) in [6.07, 6.45) is -0.468. The molecule has 2 rings (SSSR count). The lowest BCUT2D eigenvalue weighted by molar-refractivity contribution is -0.121. The lowest BCUT2D eigenvalue weighted by atomic mass is 10.0. The molecule has 4 nitrogen and oxygen atoms in total. The maximum absolute atomic E-state index is 12.0. The number of carbonyl (C=O) groups excluding carboxylic acids is 2. The van der Waals surface area contributed by atoms with E-state index < -0.39 is 6.10 Å². The van der Waals surface area contributed by atoms with Crippen LogP contribution in [0.4, 0.5) is 0 Å². The van der Waals surface area contributed by atoms with Gasteiger partial charge in [0.2, 0.25) is 5.91 Å². The van der Waals surface area contributed by atoms with Crippen molar-refractivity contribution in [1.29, 1.82) is 0 Å². The number of aryl methyl sites for hydroxylation is 2. The summed E-state index contributed by atoms with van der Waals surface area (Å²) >= 11 is 0. The van der Waals surface area contributed by atoms with Gasteiger partial charge in [-0.2, -0.15) is 0 Å². The van der Waals surface area contributed by atoms with Crippen LogP contribution in [0.25, 0.3) is 0 Å². The molecular formula is C20H23NO3. The first-order valence-corrected chi connectivity index (χ1v) is 8.07. The van der Waals surface area contributed by atoms with Crippen LogP contribution in [-0.4, -0.2) is 23.3 Å². The monoisotopic (exact) mass is 325 g/mol. The van der Waals surface area contributed by atoms with Gasteiger partial charge in [0.25, 0.3) is 0 Å². The van der Waals surface area contributed by atoms with Gasteiger partial charge < -0.3 is 10.4 Å².